The predicted molar refractivity (Wildman–Crippen MR) is 70.6 cm³/mol. The maximum Gasteiger partial charge on any atom is 0.240 e. The molecule has 2 N–H and O–H groups in total. The van der Waals surface area contributed by atoms with E-state index >= 15 is 0 Å². The third-order valence-electron chi connectivity index (χ3n) is 2.67. The fourth-order valence-electron chi connectivity index (χ4n) is 1.59. The fraction of sp³-hybridized carbons (Fsp3) is 0.154. The van der Waals surface area contributed by atoms with Crippen LogP contribution in [0.2, 0.25) is 0 Å². The molecule has 0 aliphatic heterocycles. The maximum absolute atomic E-state index is 13.2. The van der Waals surface area contributed by atoms with Crippen LogP contribution < -0.4 is 4.72 Å². The van der Waals surface area contributed by atoms with Gasteiger partial charge in [0.2, 0.25) is 10.0 Å². The van der Waals surface area contributed by atoms with E-state index < -0.39 is 22.4 Å². The number of rotatable bonds is 5. The topological polar surface area (TPSA) is 79.3 Å². The highest BCUT2D eigenvalue weighted by Crippen LogP contribution is 2.15. The van der Waals surface area contributed by atoms with Crippen molar-refractivity contribution in [3.05, 3.63) is 59.7 Å². The molecule has 2 aromatic rings. The number of sulfonamides is 1. The van der Waals surface area contributed by atoms with E-state index in [1.807, 2.05) is 0 Å². The summed E-state index contributed by atoms with van der Waals surface area (Å²) in [5.74, 6) is -0.642. The standard InChI is InChI=1S/C13H13FN2O3S/c14-13-5-4-12(7-10(13)9-17)20(18,19)16-8-11-3-1-2-6-15-11/h1-7,16-17H,8-9H2. The molecule has 0 fully saturated rings. The van der Waals surface area contributed by atoms with Gasteiger partial charge in [-0.2, -0.15) is 0 Å². The van der Waals surface area contributed by atoms with Crippen molar-refractivity contribution in [3.8, 4) is 0 Å². The fourth-order valence-corrected chi connectivity index (χ4v) is 2.64. The SMILES string of the molecule is O=S(=O)(NCc1ccccn1)c1ccc(F)c(CO)c1. The number of aliphatic hydroxyl groups excluding tert-OH is 1. The summed E-state index contributed by atoms with van der Waals surface area (Å²) in [7, 11) is -3.78. The number of aromatic nitrogens is 1. The Hall–Kier alpha value is -1.83. The summed E-state index contributed by atoms with van der Waals surface area (Å²) in [6.45, 7) is -0.523. The molecule has 5 nitrogen and oxygen atoms in total. The number of hydrogen-bond acceptors (Lipinski definition) is 4. The highest BCUT2D eigenvalue weighted by molar-refractivity contribution is 7.89. The Morgan fingerprint density at radius 1 is 1.25 bits per heavy atom. The molecule has 20 heavy (non-hydrogen) atoms. The van der Waals surface area contributed by atoms with E-state index in [9.17, 15) is 12.8 Å². The molecule has 1 aromatic carbocycles. The van der Waals surface area contributed by atoms with Crippen LogP contribution >= 0.6 is 0 Å². The lowest BCUT2D eigenvalue weighted by molar-refractivity contribution is 0.275. The molecule has 0 bridgehead atoms. The molecule has 0 saturated heterocycles. The zero-order valence-corrected chi connectivity index (χ0v) is 11.3. The normalized spacial score (nSPS) is 11.5. The van der Waals surface area contributed by atoms with Gasteiger partial charge in [0.1, 0.15) is 5.82 Å². The van der Waals surface area contributed by atoms with Crippen molar-refractivity contribution >= 4 is 10.0 Å². The average molecular weight is 296 g/mol. The third-order valence-corrected chi connectivity index (χ3v) is 4.07. The first-order chi connectivity index (χ1) is 9.53. The molecular formula is C13H13FN2O3S. The zero-order valence-electron chi connectivity index (χ0n) is 10.5. The van der Waals surface area contributed by atoms with E-state index in [4.69, 9.17) is 5.11 Å². The first-order valence-corrected chi connectivity index (χ1v) is 7.30. The van der Waals surface area contributed by atoms with Gasteiger partial charge in [0, 0.05) is 11.8 Å². The third kappa shape index (κ3) is 3.38. The second-order valence-corrected chi connectivity index (χ2v) is 5.82. The molecule has 7 heteroatoms. The number of nitrogens with zero attached hydrogens (tertiary/aromatic N) is 1. The van der Waals surface area contributed by atoms with Crippen molar-refractivity contribution in [3.63, 3.8) is 0 Å². The van der Waals surface area contributed by atoms with Crippen LogP contribution in [0.25, 0.3) is 0 Å². The van der Waals surface area contributed by atoms with Crippen LogP contribution in [0.5, 0.6) is 0 Å². The van der Waals surface area contributed by atoms with Gasteiger partial charge in [0.15, 0.2) is 0 Å². The van der Waals surface area contributed by atoms with Crippen molar-refractivity contribution in [2.24, 2.45) is 0 Å². The number of halogens is 1. The molecule has 0 saturated carbocycles. The summed E-state index contributed by atoms with van der Waals surface area (Å²) in [5.41, 5.74) is 0.506. The van der Waals surface area contributed by atoms with Crippen LogP contribution in [0.3, 0.4) is 0 Å². The summed E-state index contributed by atoms with van der Waals surface area (Å²) < 4.78 is 39.7. The molecule has 0 atom stereocenters. The Morgan fingerprint density at radius 3 is 2.70 bits per heavy atom. The molecule has 0 aliphatic carbocycles. The van der Waals surface area contributed by atoms with Gasteiger partial charge in [-0.15, -0.1) is 0 Å². The minimum atomic E-state index is -3.78. The van der Waals surface area contributed by atoms with Crippen LogP contribution in [-0.2, 0) is 23.2 Å². The van der Waals surface area contributed by atoms with Crippen molar-refractivity contribution in [1.29, 1.82) is 0 Å². The van der Waals surface area contributed by atoms with Crippen LogP contribution in [-0.4, -0.2) is 18.5 Å². The van der Waals surface area contributed by atoms with Gasteiger partial charge in [-0.3, -0.25) is 4.98 Å². The van der Waals surface area contributed by atoms with E-state index in [0.717, 1.165) is 18.2 Å². The molecule has 0 spiro atoms. The minimum Gasteiger partial charge on any atom is -0.392 e. The number of nitrogens with one attached hydrogen (secondary N) is 1. The van der Waals surface area contributed by atoms with Crippen molar-refractivity contribution in [1.82, 2.24) is 9.71 Å². The molecule has 1 aromatic heterocycles. The Morgan fingerprint density at radius 2 is 2.05 bits per heavy atom. The second-order valence-electron chi connectivity index (χ2n) is 4.06. The summed E-state index contributed by atoms with van der Waals surface area (Å²) >= 11 is 0. The minimum absolute atomic E-state index is 0.0367. The van der Waals surface area contributed by atoms with E-state index in [1.54, 1.807) is 24.4 Å². The summed E-state index contributed by atoms with van der Waals surface area (Å²) in [6, 6.07) is 8.43. The van der Waals surface area contributed by atoms with Crippen molar-refractivity contribution < 1.29 is 17.9 Å². The Labute approximate surface area is 116 Å². The number of pyridine rings is 1. The molecular weight excluding hydrogens is 283 g/mol. The average Bonchev–Trinajstić information content (AvgIpc) is 2.46. The van der Waals surface area contributed by atoms with E-state index in [0.29, 0.717) is 5.69 Å². The smallest absolute Gasteiger partial charge is 0.240 e. The number of benzene rings is 1. The Kier molecular flexibility index (Phi) is 4.43. The lowest BCUT2D eigenvalue weighted by Gasteiger charge is -2.08. The van der Waals surface area contributed by atoms with Crippen LogP contribution in [0, 0.1) is 5.82 Å². The maximum atomic E-state index is 13.2. The lowest BCUT2D eigenvalue weighted by Crippen LogP contribution is -2.23. The molecule has 2 rings (SSSR count). The van der Waals surface area contributed by atoms with Gasteiger partial charge in [-0.1, -0.05) is 6.07 Å². The number of aliphatic hydroxyl groups is 1. The monoisotopic (exact) mass is 296 g/mol. The highest BCUT2D eigenvalue weighted by Gasteiger charge is 2.16. The second kappa shape index (κ2) is 6.08. The van der Waals surface area contributed by atoms with Gasteiger partial charge in [-0.05, 0) is 30.3 Å². The largest absolute Gasteiger partial charge is 0.392 e. The van der Waals surface area contributed by atoms with Gasteiger partial charge in [0.25, 0.3) is 0 Å². The van der Waals surface area contributed by atoms with Gasteiger partial charge < -0.3 is 5.11 Å². The summed E-state index contributed by atoms with van der Waals surface area (Å²) in [4.78, 5) is 3.90. The van der Waals surface area contributed by atoms with E-state index in [1.165, 1.54) is 0 Å². The first-order valence-electron chi connectivity index (χ1n) is 5.82. The Bertz CT molecular complexity index is 690. The molecule has 0 amide bonds. The van der Waals surface area contributed by atoms with E-state index in [2.05, 4.69) is 9.71 Å². The summed E-state index contributed by atoms with van der Waals surface area (Å²) in [6.07, 6.45) is 1.56. The molecule has 0 unspecified atom stereocenters. The molecule has 0 aliphatic rings. The van der Waals surface area contributed by atoms with Gasteiger partial charge >= 0.3 is 0 Å². The predicted octanol–water partition coefficient (Wildman–Crippen LogP) is 1.19. The van der Waals surface area contributed by atoms with Gasteiger partial charge in [0.05, 0.1) is 23.7 Å². The molecule has 0 radical (unpaired) electrons. The van der Waals surface area contributed by atoms with E-state index in [-0.39, 0.29) is 17.0 Å². The van der Waals surface area contributed by atoms with Crippen LogP contribution in [0.1, 0.15) is 11.3 Å². The number of hydrogen-bond donors (Lipinski definition) is 2. The lowest BCUT2D eigenvalue weighted by atomic mass is 10.2. The zero-order chi connectivity index (χ0) is 14.6. The van der Waals surface area contributed by atoms with Crippen LogP contribution in [0.4, 0.5) is 4.39 Å². The first kappa shape index (κ1) is 14.6. The molecule has 106 valence electrons. The summed E-state index contributed by atoms with van der Waals surface area (Å²) in [5, 5.41) is 8.95. The van der Waals surface area contributed by atoms with Crippen LogP contribution in [0.15, 0.2) is 47.5 Å². The van der Waals surface area contributed by atoms with Crippen molar-refractivity contribution in [2.75, 3.05) is 0 Å². The molecule has 1 heterocycles. The Balaban J connectivity index is 2.18. The van der Waals surface area contributed by atoms with Crippen molar-refractivity contribution in [2.45, 2.75) is 18.0 Å². The highest BCUT2D eigenvalue weighted by atomic mass is 32.2. The van der Waals surface area contributed by atoms with Gasteiger partial charge in [-0.25, -0.2) is 17.5 Å². The quantitative estimate of drug-likeness (QED) is 0.868.